The molecule has 1 aliphatic rings. The fraction of sp³-hybridized carbons (Fsp3) is 0.800. The first kappa shape index (κ1) is 14.7. The van der Waals surface area contributed by atoms with Crippen LogP contribution >= 0.6 is 0 Å². The third kappa shape index (κ3) is 3.12. The number of hydrogen-bond acceptors (Lipinski definition) is 3. The van der Waals surface area contributed by atoms with Gasteiger partial charge in [0.05, 0.1) is 5.92 Å². The number of nitrogens with two attached hydrogens (primary N) is 1. The highest BCUT2D eigenvalue weighted by Crippen LogP contribution is 2.27. The minimum Gasteiger partial charge on any atom is -0.330 e. The minimum atomic E-state index is -4.52. The van der Waals surface area contributed by atoms with E-state index in [0.29, 0.717) is 17.7 Å². The van der Waals surface area contributed by atoms with E-state index in [1.807, 2.05) is 6.92 Å². The van der Waals surface area contributed by atoms with E-state index >= 15 is 0 Å². The molecule has 2 unspecified atom stereocenters. The number of urea groups is 1. The summed E-state index contributed by atoms with van der Waals surface area (Å²) in [4.78, 5) is 23.8. The van der Waals surface area contributed by atoms with Crippen molar-refractivity contribution in [1.82, 2.24) is 10.2 Å². The molecular weight excluding hydrogens is 251 g/mol. The minimum absolute atomic E-state index is 0.417. The van der Waals surface area contributed by atoms with Crippen molar-refractivity contribution in [3.63, 3.8) is 0 Å². The van der Waals surface area contributed by atoms with Gasteiger partial charge in [0, 0.05) is 13.1 Å². The van der Waals surface area contributed by atoms with Crippen LogP contribution in [0.2, 0.25) is 0 Å². The maximum atomic E-state index is 12.5. The van der Waals surface area contributed by atoms with E-state index in [9.17, 15) is 22.8 Å². The van der Waals surface area contributed by atoms with Crippen LogP contribution < -0.4 is 11.1 Å². The lowest BCUT2D eigenvalue weighted by Crippen LogP contribution is -2.43. The molecule has 0 aromatic rings. The molecule has 0 saturated carbocycles. The zero-order chi connectivity index (χ0) is 13.9. The fourth-order valence-electron chi connectivity index (χ4n) is 1.77. The average molecular weight is 267 g/mol. The van der Waals surface area contributed by atoms with Crippen LogP contribution in [0.25, 0.3) is 0 Å². The van der Waals surface area contributed by atoms with Gasteiger partial charge in [-0.05, 0) is 6.42 Å². The van der Waals surface area contributed by atoms with E-state index in [4.69, 9.17) is 5.73 Å². The van der Waals surface area contributed by atoms with E-state index in [2.05, 4.69) is 5.32 Å². The van der Waals surface area contributed by atoms with Gasteiger partial charge in [-0.1, -0.05) is 13.3 Å². The molecule has 3 amide bonds. The van der Waals surface area contributed by atoms with Crippen molar-refractivity contribution in [2.24, 2.45) is 11.7 Å². The summed E-state index contributed by atoms with van der Waals surface area (Å²) < 4.78 is 37.6. The van der Waals surface area contributed by atoms with Crippen molar-refractivity contribution >= 4 is 11.9 Å². The SMILES string of the molecule is CCCC1NC(=O)N(CC(CN)C(F)(F)F)C1=O. The molecule has 2 atom stereocenters. The molecule has 0 spiro atoms. The predicted octanol–water partition coefficient (Wildman–Crippen LogP) is 0.844. The van der Waals surface area contributed by atoms with Gasteiger partial charge in [-0.15, -0.1) is 0 Å². The Labute approximate surface area is 102 Å². The third-order valence-electron chi connectivity index (χ3n) is 2.83. The zero-order valence-corrected chi connectivity index (χ0v) is 9.96. The standard InChI is InChI=1S/C10H16F3N3O2/c1-2-3-7-8(17)16(9(18)15-7)5-6(4-14)10(11,12)13/h6-7H,2-5,14H2,1H3,(H,15,18). The molecule has 5 nitrogen and oxygen atoms in total. The highest BCUT2D eigenvalue weighted by atomic mass is 19.4. The molecule has 0 aliphatic carbocycles. The summed E-state index contributed by atoms with van der Waals surface area (Å²) in [6.07, 6.45) is -3.44. The highest BCUT2D eigenvalue weighted by molar-refractivity contribution is 6.04. The van der Waals surface area contributed by atoms with Crippen molar-refractivity contribution in [2.75, 3.05) is 13.1 Å². The Morgan fingerprint density at radius 3 is 2.50 bits per heavy atom. The van der Waals surface area contributed by atoms with Gasteiger partial charge in [0.15, 0.2) is 0 Å². The Balaban J connectivity index is 2.72. The number of hydrogen-bond donors (Lipinski definition) is 2. The maximum absolute atomic E-state index is 12.5. The van der Waals surface area contributed by atoms with Crippen molar-refractivity contribution in [3.05, 3.63) is 0 Å². The van der Waals surface area contributed by atoms with Gasteiger partial charge in [0.2, 0.25) is 0 Å². The number of rotatable bonds is 5. The molecular formula is C10H16F3N3O2. The zero-order valence-electron chi connectivity index (χ0n) is 9.96. The van der Waals surface area contributed by atoms with Gasteiger partial charge in [0.1, 0.15) is 6.04 Å². The topological polar surface area (TPSA) is 75.4 Å². The number of carbonyl (C=O) groups excluding carboxylic acids is 2. The van der Waals surface area contributed by atoms with Crippen molar-refractivity contribution < 1.29 is 22.8 Å². The first-order valence-corrected chi connectivity index (χ1v) is 5.69. The first-order valence-electron chi connectivity index (χ1n) is 5.69. The van der Waals surface area contributed by atoms with E-state index in [0.717, 1.165) is 0 Å². The molecule has 18 heavy (non-hydrogen) atoms. The lowest BCUT2D eigenvalue weighted by atomic mass is 10.1. The van der Waals surface area contributed by atoms with Crippen LogP contribution in [-0.4, -0.2) is 42.1 Å². The van der Waals surface area contributed by atoms with Crippen LogP contribution in [0.1, 0.15) is 19.8 Å². The van der Waals surface area contributed by atoms with E-state index in [1.54, 1.807) is 0 Å². The molecule has 1 saturated heterocycles. The molecule has 0 aromatic heterocycles. The average Bonchev–Trinajstić information content (AvgIpc) is 2.51. The summed E-state index contributed by atoms with van der Waals surface area (Å²) in [6, 6.07) is -1.49. The summed E-state index contributed by atoms with van der Waals surface area (Å²) in [5.74, 6) is -2.49. The monoisotopic (exact) mass is 267 g/mol. The number of alkyl halides is 3. The number of amides is 3. The van der Waals surface area contributed by atoms with Gasteiger partial charge in [-0.2, -0.15) is 13.2 Å². The van der Waals surface area contributed by atoms with Crippen molar-refractivity contribution in [2.45, 2.75) is 32.0 Å². The first-order chi connectivity index (χ1) is 8.31. The lowest BCUT2D eigenvalue weighted by molar-refractivity contribution is -0.175. The lowest BCUT2D eigenvalue weighted by Gasteiger charge is -2.22. The second-order valence-electron chi connectivity index (χ2n) is 4.21. The van der Waals surface area contributed by atoms with Gasteiger partial charge >= 0.3 is 12.2 Å². The highest BCUT2D eigenvalue weighted by Gasteiger charge is 2.45. The predicted molar refractivity (Wildman–Crippen MR) is 57.5 cm³/mol. The Bertz CT molecular complexity index is 333. The maximum Gasteiger partial charge on any atom is 0.394 e. The van der Waals surface area contributed by atoms with Crippen LogP contribution in [0, 0.1) is 5.92 Å². The quantitative estimate of drug-likeness (QED) is 0.725. The van der Waals surface area contributed by atoms with Crippen LogP contribution in [0.3, 0.4) is 0 Å². The molecule has 1 aliphatic heterocycles. The van der Waals surface area contributed by atoms with Crippen molar-refractivity contribution in [1.29, 1.82) is 0 Å². The van der Waals surface area contributed by atoms with E-state index in [-0.39, 0.29) is 0 Å². The fourth-order valence-corrected chi connectivity index (χ4v) is 1.77. The van der Waals surface area contributed by atoms with Crippen molar-refractivity contribution in [3.8, 4) is 0 Å². The number of nitrogens with one attached hydrogen (secondary N) is 1. The van der Waals surface area contributed by atoms with Gasteiger partial charge in [-0.25, -0.2) is 4.79 Å². The van der Waals surface area contributed by atoms with Gasteiger partial charge in [-0.3, -0.25) is 9.69 Å². The van der Waals surface area contributed by atoms with E-state index in [1.165, 1.54) is 0 Å². The normalized spacial score (nSPS) is 22.3. The second kappa shape index (κ2) is 5.55. The second-order valence-corrected chi connectivity index (χ2v) is 4.21. The van der Waals surface area contributed by atoms with Crippen LogP contribution in [-0.2, 0) is 4.79 Å². The Morgan fingerprint density at radius 2 is 2.06 bits per heavy atom. The van der Waals surface area contributed by atoms with Gasteiger partial charge < -0.3 is 11.1 Å². The summed E-state index contributed by atoms with van der Waals surface area (Å²) in [6.45, 7) is 0.449. The van der Waals surface area contributed by atoms with Gasteiger partial charge in [0.25, 0.3) is 5.91 Å². The molecule has 8 heteroatoms. The smallest absolute Gasteiger partial charge is 0.330 e. The molecule has 3 N–H and O–H groups in total. The van der Waals surface area contributed by atoms with Crippen LogP contribution in [0.15, 0.2) is 0 Å². The molecule has 1 fully saturated rings. The van der Waals surface area contributed by atoms with Crippen LogP contribution in [0.5, 0.6) is 0 Å². The number of carbonyl (C=O) groups is 2. The molecule has 0 aromatic carbocycles. The number of nitrogens with zero attached hydrogens (tertiary/aromatic N) is 1. The third-order valence-corrected chi connectivity index (χ3v) is 2.83. The molecule has 0 radical (unpaired) electrons. The summed E-state index contributed by atoms with van der Waals surface area (Å²) >= 11 is 0. The molecule has 0 bridgehead atoms. The molecule has 1 heterocycles. The largest absolute Gasteiger partial charge is 0.394 e. The molecule has 1 rings (SSSR count). The number of halogens is 3. The van der Waals surface area contributed by atoms with Crippen LogP contribution in [0.4, 0.5) is 18.0 Å². The Hall–Kier alpha value is -1.31. The summed E-state index contributed by atoms with van der Waals surface area (Å²) in [5.41, 5.74) is 5.03. The van der Waals surface area contributed by atoms with E-state index < -0.39 is 43.2 Å². The molecule has 104 valence electrons. The summed E-state index contributed by atoms with van der Waals surface area (Å²) in [7, 11) is 0. The number of imide groups is 1. The Kier molecular flexibility index (Phi) is 4.55. The Morgan fingerprint density at radius 1 is 1.44 bits per heavy atom. The summed E-state index contributed by atoms with van der Waals surface area (Å²) in [5, 5.41) is 2.36.